The summed E-state index contributed by atoms with van der Waals surface area (Å²) in [5.41, 5.74) is 3.37. The van der Waals surface area contributed by atoms with Crippen molar-refractivity contribution in [2.45, 2.75) is 18.2 Å². The number of hydrogen-bond donors (Lipinski definition) is 1. The van der Waals surface area contributed by atoms with E-state index in [0.717, 1.165) is 11.3 Å². The lowest BCUT2D eigenvalue weighted by Gasteiger charge is -2.11. The van der Waals surface area contributed by atoms with E-state index in [1.807, 2.05) is 54.6 Å². The average molecular weight is 301 g/mol. The summed E-state index contributed by atoms with van der Waals surface area (Å²) in [5.74, 6) is 0. The Balaban J connectivity index is 1.69. The Kier molecular flexibility index (Phi) is 3.60. The number of rotatable bonds is 4. The second-order valence-corrected chi connectivity index (χ2v) is 5.94. The fourth-order valence-corrected chi connectivity index (χ4v) is 3.36. The lowest BCUT2D eigenvalue weighted by molar-refractivity contribution is 0.176. The fourth-order valence-electron chi connectivity index (χ4n) is 3.36. The van der Waals surface area contributed by atoms with Crippen molar-refractivity contribution in [1.82, 2.24) is 0 Å². The summed E-state index contributed by atoms with van der Waals surface area (Å²) in [5, 5.41) is 10.9. The van der Waals surface area contributed by atoms with Crippen molar-refractivity contribution in [3.63, 3.8) is 0 Å². The van der Waals surface area contributed by atoms with Crippen LogP contribution in [0.1, 0.15) is 23.3 Å². The van der Waals surface area contributed by atoms with E-state index in [1.165, 1.54) is 5.56 Å². The summed E-state index contributed by atoms with van der Waals surface area (Å²) >= 11 is 0. The van der Waals surface area contributed by atoms with Gasteiger partial charge in [0.1, 0.15) is 6.10 Å². The predicted molar refractivity (Wildman–Crippen MR) is 93.3 cm³/mol. The fraction of sp³-hybridized carbons (Fsp3) is 0.143. The minimum absolute atomic E-state index is 0.0715. The Morgan fingerprint density at radius 1 is 0.696 bits per heavy atom. The molecule has 1 saturated heterocycles. The molecule has 1 aliphatic heterocycles. The predicted octanol–water partition coefficient (Wildman–Crippen LogP) is 4.35. The Bertz CT molecular complexity index is 712. The number of para-hydroxylation sites is 1. The van der Waals surface area contributed by atoms with E-state index in [1.54, 1.807) is 0 Å². The van der Waals surface area contributed by atoms with Crippen molar-refractivity contribution < 1.29 is 5.11 Å². The van der Waals surface area contributed by atoms with Gasteiger partial charge in [-0.1, -0.05) is 78.9 Å². The van der Waals surface area contributed by atoms with E-state index in [0.29, 0.717) is 0 Å². The van der Waals surface area contributed by atoms with Crippen molar-refractivity contribution in [2.24, 2.45) is 0 Å². The van der Waals surface area contributed by atoms with E-state index in [2.05, 4.69) is 41.3 Å². The third-order valence-corrected chi connectivity index (χ3v) is 4.51. The van der Waals surface area contributed by atoms with Gasteiger partial charge in [0.2, 0.25) is 0 Å². The summed E-state index contributed by atoms with van der Waals surface area (Å²) < 4.78 is 0. The summed E-state index contributed by atoms with van der Waals surface area (Å²) in [7, 11) is 0. The largest absolute Gasteiger partial charge is 0.386 e. The molecule has 0 radical (unpaired) electrons. The van der Waals surface area contributed by atoms with E-state index >= 15 is 0 Å². The number of aliphatic hydroxyl groups is 1. The van der Waals surface area contributed by atoms with E-state index in [9.17, 15) is 5.11 Å². The van der Waals surface area contributed by atoms with Crippen LogP contribution in [-0.2, 0) is 0 Å². The summed E-state index contributed by atoms with van der Waals surface area (Å²) in [6.45, 7) is 0. The molecule has 0 saturated carbocycles. The van der Waals surface area contributed by atoms with Crippen LogP contribution in [0.3, 0.4) is 0 Å². The zero-order valence-electron chi connectivity index (χ0n) is 12.8. The summed E-state index contributed by atoms with van der Waals surface area (Å²) in [6.07, 6.45) is -0.499. The van der Waals surface area contributed by atoms with Gasteiger partial charge in [0.05, 0.1) is 12.1 Å². The molecule has 3 aromatic carbocycles. The van der Waals surface area contributed by atoms with Gasteiger partial charge in [-0.15, -0.1) is 0 Å². The van der Waals surface area contributed by atoms with E-state index < -0.39 is 6.10 Å². The standard InChI is InChI=1S/C21H19NO/c23-21(17-12-6-2-7-13-17)20-19(16-10-4-1-5-11-16)22(20)18-14-8-3-9-15-18/h1-15,19-21,23H/t19-,20+,21-,22?/m1/s1. The smallest absolute Gasteiger partial charge is 0.102 e. The van der Waals surface area contributed by atoms with Gasteiger partial charge in [-0.25, -0.2) is 0 Å². The second-order valence-electron chi connectivity index (χ2n) is 5.94. The lowest BCUT2D eigenvalue weighted by Crippen LogP contribution is -2.10. The van der Waals surface area contributed by atoms with Crippen molar-refractivity contribution in [2.75, 3.05) is 4.90 Å². The van der Waals surface area contributed by atoms with Crippen LogP contribution in [-0.4, -0.2) is 11.1 Å². The maximum atomic E-state index is 10.9. The van der Waals surface area contributed by atoms with Crippen molar-refractivity contribution in [1.29, 1.82) is 0 Å². The van der Waals surface area contributed by atoms with Gasteiger partial charge in [-0.3, -0.25) is 0 Å². The number of aliphatic hydroxyl groups excluding tert-OH is 1. The maximum absolute atomic E-state index is 10.9. The molecular weight excluding hydrogens is 282 g/mol. The quantitative estimate of drug-likeness (QED) is 0.724. The highest BCUT2D eigenvalue weighted by Crippen LogP contribution is 2.51. The lowest BCUT2D eigenvalue weighted by atomic mass is 10.0. The van der Waals surface area contributed by atoms with Crippen LogP contribution in [0.25, 0.3) is 0 Å². The van der Waals surface area contributed by atoms with Gasteiger partial charge in [-0.05, 0) is 23.3 Å². The number of benzene rings is 3. The third-order valence-electron chi connectivity index (χ3n) is 4.51. The van der Waals surface area contributed by atoms with Gasteiger partial charge in [0, 0.05) is 5.69 Å². The molecule has 0 unspecified atom stereocenters. The van der Waals surface area contributed by atoms with Crippen LogP contribution >= 0.6 is 0 Å². The SMILES string of the molecule is O[C@H](c1ccccc1)[C@@H]1[C@@H](c2ccccc2)N1c1ccccc1. The van der Waals surface area contributed by atoms with Crippen molar-refractivity contribution in [3.05, 3.63) is 102 Å². The zero-order chi connectivity index (χ0) is 15.6. The van der Waals surface area contributed by atoms with Crippen molar-refractivity contribution in [3.8, 4) is 0 Å². The average Bonchev–Trinajstić information content (AvgIpc) is 3.39. The highest BCUT2D eigenvalue weighted by atomic mass is 16.3. The molecule has 2 nitrogen and oxygen atoms in total. The first-order valence-electron chi connectivity index (χ1n) is 7.97. The Hall–Kier alpha value is -2.58. The van der Waals surface area contributed by atoms with E-state index in [4.69, 9.17) is 0 Å². The van der Waals surface area contributed by atoms with Gasteiger partial charge >= 0.3 is 0 Å². The number of anilines is 1. The summed E-state index contributed by atoms with van der Waals surface area (Å²) in [6, 6.07) is 30.9. The van der Waals surface area contributed by atoms with Crippen LogP contribution in [0.2, 0.25) is 0 Å². The Morgan fingerprint density at radius 3 is 1.83 bits per heavy atom. The molecular formula is C21H19NO. The van der Waals surface area contributed by atoms with Gasteiger partial charge in [0.25, 0.3) is 0 Å². The highest BCUT2D eigenvalue weighted by Gasteiger charge is 2.52. The molecule has 3 atom stereocenters. The maximum Gasteiger partial charge on any atom is 0.102 e. The molecule has 3 aromatic rings. The van der Waals surface area contributed by atoms with Crippen LogP contribution in [0, 0.1) is 0 Å². The molecule has 0 aliphatic carbocycles. The molecule has 23 heavy (non-hydrogen) atoms. The number of hydrogen-bond acceptors (Lipinski definition) is 2. The topological polar surface area (TPSA) is 23.2 Å². The normalized spacial score (nSPS) is 21.0. The summed E-state index contributed by atoms with van der Waals surface area (Å²) in [4.78, 5) is 2.30. The third kappa shape index (κ3) is 2.62. The van der Waals surface area contributed by atoms with Crippen LogP contribution in [0.5, 0.6) is 0 Å². The van der Waals surface area contributed by atoms with E-state index in [-0.39, 0.29) is 12.1 Å². The van der Waals surface area contributed by atoms with Gasteiger partial charge < -0.3 is 10.0 Å². The molecule has 0 aromatic heterocycles. The van der Waals surface area contributed by atoms with Gasteiger partial charge in [-0.2, -0.15) is 0 Å². The Morgan fingerprint density at radius 2 is 1.22 bits per heavy atom. The molecule has 1 fully saturated rings. The molecule has 0 amide bonds. The molecule has 1 N–H and O–H groups in total. The first-order chi connectivity index (χ1) is 11.4. The minimum atomic E-state index is -0.499. The Labute approximate surface area is 136 Å². The monoisotopic (exact) mass is 301 g/mol. The second kappa shape index (κ2) is 5.90. The first kappa shape index (κ1) is 14.0. The van der Waals surface area contributed by atoms with Crippen molar-refractivity contribution >= 4 is 5.69 Å². The molecule has 0 bridgehead atoms. The number of nitrogens with zero attached hydrogens (tertiary/aromatic N) is 1. The molecule has 1 aliphatic rings. The minimum Gasteiger partial charge on any atom is -0.386 e. The molecule has 114 valence electrons. The molecule has 1 heterocycles. The first-order valence-corrected chi connectivity index (χ1v) is 7.97. The zero-order valence-corrected chi connectivity index (χ0v) is 12.8. The molecule has 0 spiro atoms. The van der Waals surface area contributed by atoms with Crippen LogP contribution in [0.15, 0.2) is 91.0 Å². The van der Waals surface area contributed by atoms with Gasteiger partial charge in [0.15, 0.2) is 0 Å². The van der Waals surface area contributed by atoms with Crippen LogP contribution < -0.4 is 4.90 Å². The molecule has 2 heteroatoms. The highest BCUT2D eigenvalue weighted by molar-refractivity contribution is 5.60. The van der Waals surface area contributed by atoms with Crippen LogP contribution in [0.4, 0.5) is 5.69 Å². The molecule has 4 rings (SSSR count).